The molecule has 0 aliphatic heterocycles. The van der Waals surface area contributed by atoms with Crippen molar-refractivity contribution in [2.75, 3.05) is 0 Å². The average molecular weight is 1020 g/mol. The predicted octanol–water partition coefficient (Wildman–Crippen LogP) is 20.4. The molecular formula is C73H76O4. The van der Waals surface area contributed by atoms with Gasteiger partial charge in [0, 0.05) is 39.8 Å². The summed E-state index contributed by atoms with van der Waals surface area (Å²) in [5, 5.41) is 34.6. The molecule has 392 valence electrons. The number of para-hydroxylation sites is 2. The van der Waals surface area contributed by atoms with E-state index in [0.717, 1.165) is 101 Å². The van der Waals surface area contributed by atoms with Crippen LogP contribution in [0.3, 0.4) is 0 Å². The lowest BCUT2D eigenvalue weighted by atomic mass is 9.71. The molecule has 10 aromatic rings. The van der Waals surface area contributed by atoms with Crippen LogP contribution in [-0.2, 0) is 10.8 Å². The first-order valence-corrected chi connectivity index (χ1v) is 27.6. The quantitative estimate of drug-likeness (QED) is 0.107. The van der Waals surface area contributed by atoms with Crippen molar-refractivity contribution < 1.29 is 19.7 Å². The average Bonchev–Trinajstić information content (AvgIpc) is 3.41. The highest BCUT2D eigenvalue weighted by atomic mass is 16.5. The van der Waals surface area contributed by atoms with Gasteiger partial charge in [0.05, 0.1) is 12.2 Å². The highest BCUT2D eigenvalue weighted by molar-refractivity contribution is 6.16. The third-order valence-electron chi connectivity index (χ3n) is 15.5. The van der Waals surface area contributed by atoms with E-state index in [1.165, 1.54) is 10.8 Å². The minimum Gasteiger partial charge on any atom is -0.507 e. The first-order valence-electron chi connectivity index (χ1n) is 27.6. The fourth-order valence-electron chi connectivity index (χ4n) is 12.9. The van der Waals surface area contributed by atoms with Crippen LogP contribution < -0.4 is 9.47 Å². The number of phenols is 2. The van der Waals surface area contributed by atoms with Gasteiger partial charge in [-0.15, -0.1) is 0 Å². The number of hydrogen-bond donors (Lipinski definition) is 2. The number of hydrogen-bond acceptors (Lipinski definition) is 4. The van der Waals surface area contributed by atoms with Crippen LogP contribution in [0.4, 0.5) is 0 Å². The Morgan fingerprint density at radius 1 is 0.338 bits per heavy atom. The zero-order chi connectivity index (χ0) is 54.6. The van der Waals surface area contributed by atoms with Crippen molar-refractivity contribution >= 4 is 43.1 Å². The molecule has 2 atom stereocenters. The molecule has 2 N–H and O–H groups in total. The SMILES string of the molecule is C[C@H](C[C@H](C)Oc1ccccc1-c1cc(C(C)(C)CC(C)(C)C)cc(-c2cc3ccccc3c3ccccc23)c1O)Oc1ccccc1-c1cc(C(C)(C)CC(C)(C)C)cc(-c2cc3ccccc3c3ccccc23)c1O. The first kappa shape index (κ1) is 52.9. The maximum atomic E-state index is 12.7. The molecule has 0 unspecified atom stereocenters. The third-order valence-corrected chi connectivity index (χ3v) is 15.5. The molecule has 0 aromatic heterocycles. The van der Waals surface area contributed by atoms with E-state index in [1.54, 1.807) is 0 Å². The van der Waals surface area contributed by atoms with Crippen molar-refractivity contribution in [3.63, 3.8) is 0 Å². The van der Waals surface area contributed by atoms with Gasteiger partial charge in [0.2, 0.25) is 0 Å². The van der Waals surface area contributed by atoms with E-state index < -0.39 is 0 Å². The lowest BCUT2D eigenvalue weighted by molar-refractivity contribution is 0.131. The van der Waals surface area contributed by atoms with Gasteiger partial charge in [-0.2, -0.15) is 0 Å². The standard InChI is InChI=1S/C73H76O4/c1-46(76-66-35-23-21-33-58(66)62-40-50(72(9,10)44-70(3,4)5)42-64(68(62)74)60-38-48-25-13-15-27-52(48)54-29-17-19-31-56(54)60)37-47(2)77-67-36-24-22-34-59(67)63-41-51(73(11,12)45-71(6,7)8)43-65(69(63)75)61-39-49-26-14-16-28-53(49)55-30-18-20-32-57(55)61/h13-36,38-43,46-47,74-75H,37,44-45H2,1-12H3/t46-,47+. The maximum Gasteiger partial charge on any atom is 0.131 e. The molecule has 10 rings (SSSR count). The zero-order valence-corrected chi connectivity index (χ0v) is 47.3. The van der Waals surface area contributed by atoms with Crippen LogP contribution in [0.5, 0.6) is 23.0 Å². The van der Waals surface area contributed by atoms with Crippen molar-refractivity contribution in [1.82, 2.24) is 0 Å². The molecule has 0 bridgehead atoms. The molecule has 0 amide bonds. The van der Waals surface area contributed by atoms with E-state index in [9.17, 15) is 10.2 Å². The highest BCUT2D eigenvalue weighted by Crippen LogP contribution is 2.51. The number of rotatable bonds is 14. The van der Waals surface area contributed by atoms with E-state index in [1.807, 2.05) is 36.4 Å². The minimum atomic E-state index is -0.271. The van der Waals surface area contributed by atoms with Gasteiger partial charge in [-0.1, -0.05) is 203 Å². The summed E-state index contributed by atoms with van der Waals surface area (Å²) in [6, 6.07) is 63.6. The van der Waals surface area contributed by atoms with Crippen molar-refractivity contribution in [1.29, 1.82) is 0 Å². The fraction of sp³-hybridized carbons (Fsp3) is 0.288. The van der Waals surface area contributed by atoms with E-state index in [-0.39, 0.29) is 45.4 Å². The Balaban J connectivity index is 1.00. The zero-order valence-electron chi connectivity index (χ0n) is 47.3. The molecule has 4 nitrogen and oxygen atoms in total. The van der Waals surface area contributed by atoms with E-state index in [0.29, 0.717) is 17.9 Å². The summed E-state index contributed by atoms with van der Waals surface area (Å²) in [5.74, 6) is 1.83. The second kappa shape index (κ2) is 20.4. The van der Waals surface area contributed by atoms with Gasteiger partial charge in [0.1, 0.15) is 23.0 Å². The smallest absolute Gasteiger partial charge is 0.131 e. The Kier molecular flexibility index (Phi) is 14.0. The molecule has 0 heterocycles. The summed E-state index contributed by atoms with van der Waals surface area (Å²) in [6.45, 7) is 27.2. The number of fused-ring (bicyclic) bond motifs is 6. The van der Waals surface area contributed by atoms with Gasteiger partial charge in [-0.3, -0.25) is 0 Å². The van der Waals surface area contributed by atoms with Crippen LogP contribution >= 0.6 is 0 Å². The predicted molar refractivity (Wildman–Crippen MR) is 327 cm³/mol. The molecule has 0 saturated carbocycles. The number of phenolic OH excluding ortho intramolecular Hbond substituents is 2. The Morgan fingerprint density at radius 3 is 1.00 bits per heavy atom. The molecule has 4 heteroatoms. The normalized spacial score (nSPS) is 13.4. The van der Waals surface area contributed by atoms with Gasteiger partial charge in [0.15, 0.2) is 0 Å². The second-order valence-corrected chi connectivity index (χ2v) is 25.5. The van der Waals surface area contributed by atoms with Crippen LogP contribution in [0.25, 0.3) is 87.6 Å². The summed E-state index contributed by atoms with van der Waals surface area (Å²) in [6.07, 6.45) is 1.92. The molecular weight excluding hydrogens is 941 g/mol. The van der Waals surface area contributed by atoms with Crippen LogP contribution in [-0.4, -0.2) is 22.4 Å². The van der Waals surface area contributed by atoms with Gasteiger partial charge in [-0.05, 0) is 162 Å². The second-order valence-electron chi connectivity index (χ2n) is 25.5. The number of aromatic hydroxyl groups is 2. The minimum absolute atomic E-state index is 0.0661. The Morgan fingerprint density at radius 2 is 0.636 bits per heavy atom. The lowest BCUT2D eigenvalue weighted by Gasteiger charge is -2.34. The number of ether oxygens (including phenoxy) is 2. The van der Waals surface area contributed by atoms with Crippen molar-refractivity contribution in [3.8, 4) is 67.5 Å². The monoisotopic (exact) mass is 1020 g/mol. The summed E-state index contributed by atoms with van der Waals surface area (Å²) in [4.78, 5) is 0. The molecule has 0 aliphatic carbocycles. The van der Waals surface area contributed by atoms with Crippen LogP contribution in [0.15, 0.2) is 182 Å². The van der Waals surface area contributed by atoms with Crippen LogP contribution in [0.1, 0.15) is 113 Å². The van der Waals surface area contributed by atoms with Crippen molar-refractivity contribution in [2.45, 2.75) is 125 Å². The van der Waals surface area contributed by atoms with Crippen LogP contribution in [0, 0.1) is 10.8 Å². The molecule has 10 aromatic carbocycles. The molecule has 0 radical (unpaired) electrons. The topological polar surface area (TPSA) is 58.9 Å². The summed E-state index contributed by atoms with van der Waals surface area (Å²) < 4.78 is 13.9. The maximum absolute atomic E-state index is 12.7. The number of benzene rings is 10. The summed E-state index contributed by atoms with van der Waals surface area (Å²) in [5.41, 5.74) is 8.73. The third kappa shape index (κ3) is 10.9. The van der Waals surface area contributed by atoms with Gasteiger partial charge in [0.25, 0.3) is 0 Å². The Bertz CT molecular complexity index is 3570. The largest absolute Gasteiger partial charge is 0.507 e. The van der Waals surface area contributed by atoms with Gasteiger partial charge < -0.3 is 19.7 Å². The summed E-state index contributed by atoms with van der Waals surface area (Å²) >= 11 is 0. The first-order chi connectivity index (χ1) is 36.5. The van der Waals surface area contributed by atoms with Gasteiger partial charge >= 0.3 is 0 Å². The van der Waals surface area contributed by atoms with Gasteiger partial charge in [-0.25, -0.2) is 0 Å². The molecule has 0 spiro atoms. The van der Waals surface area contributed by atoms with E-state index in [2.05, 4.69) is 229 Å². The van der Waals surface area contributed by atoms with Crippen molar-refractivity contribution in [3.05, 3.63) is 193 Å². The van der Waals surface area contributed by atoms with Crippen LogP contribution in [0.2, 0.25) is 0 Å². The molecule has 0 aliphatic rings. The summed E-state index contributed by atoms with van der Waals surface area (Å²) in [7, 11) is 0. The lowest BCUT2D eigenvalue weighted by Crippen LogP contribution is -2.25. The molecule has 0 saturated heterocycles. The Labute approximate surface area is 457 Å². The van der Waals surface area contributed by atoms with Crippen molar-refractivity contribution in [2.24, 2.45) is 10.8 Å². The molecule has 0 fully saturated rings. The van der Waals surface area contributed by atoms with E-state index >= 15 is 0 Å². The van der Waals surface area contributed by atoms with E-state index in [4.69, 9.17) is 9.47 Å². The Hall–Kier alpha value is -7.56. The molecule has 77 heavy (non-hydrogen) atoms. The fourth-order valence-corrected chi connectivity index (χ4v) is 12.9. The highest BCUT2D eigenvalue weighted by Gasteiger charge is 2.32.